The van der Waals surface area contributed by atoms with E-state index in [1.54, 1.807) is 24.3 Å². The summed E-state index contributed by atoms with van der Waals surface area (Å²) >= 11 is 0. The quantitative estimate of drug-likeness (QED) is 0.919. The lowest BCUT2D eigenvalue weighted by Gasteiger charge is -2.17. The predicted octanol–water partition coefficient (Wildman–Crippen LogP) is 3.80. The standard InChI is InChI=1S/C14H14F3NO/c1-2-19-12-5-3-4-9-8-10(6-7-11(9)12)13(18)14(15,16)17/h3-8,13H,2,18H2,1H3/t13-/m0/s1. The Balaban J connectivity index is 2.47. The molecule has 0 radical (unpaired) electrons. The Morgan fingerprint density at radius 1 is 1.21 bits per heavy atom. The van der Waals surface area contributed by atoms with Gasteiger partial charge in [-0.1, -0.05) is 24.3 Å². The first kappa shape index (κ1) is 13.7. The summed E-state index contributed by atoms with van der Waals surface area (Å²) < 4.78 is 43.2. The molecule has 0 saturated carbocycles. The molecule has 0 aliphatic heterocycles. The molecule has 0 aliphatic rings. The molecular formula is C14H14F3NO. The minimum Gasteiger partial charge on any atom is -0.493 e. The van der Waals surface area contributed by atoms with Crippen LogP contribution in [-0.4, -0.2) is 12.8 Å². The van der Waals surface area contributed by atoms with Crippen LogP contribution in [0.3, 0.4) is 0 Å². The molecule has 2 aromatic rings. The SMILES string of the molecule is CCOc1cccc2cc([C@H](N)C(F)(F)F)ccc12. The van der Waals surface area contributed by atoms with E-state index in [4.69, 9.17) is 10.5 Å². The first-order valence-corrected chi connectivity index (χ1v) is 5.91. The monoisotopic (exact) mass is 269 g/mol. The van der Waals surface area contributed by atoms with Crippen molar-refractivity contribution in [3.8, 4) is 5.75 Å². The second-order valence-corrected chi connectivity index (χ2v) is 4.19. The predicted molar refractivity (Wildman–Crippen MR) is 68.1 cm³/mol. The Morgan fingerprint density at radius 2 is 1.95 bits per heavy atom. The van der Waals surface area contributed by atoms with Gasteiger partial charge in [0.15, 0.2) is 0 Å². The molecule has 5 heteroatoms. The van der Waals surface area contributed by atoms with Crippen molar-refractivity contribution in [2.24, 2.45) is 5.73 Å². The molecule has 19 heavy (non-hydrogen) atoms. The van der Waals surface area contributed by atoms with E-state index in [1.165, 1.54) is 12.1 Å². The molecule has 2 N–H and O–H groups in total. The van der Waals surface area contributed by atoms with Gasteiger partial charge in [0.05, 0.1) is 6.61 Å². The van der Waals surface area contributed by atoms with Gasteiger partial charge in [0.25, 0.3) is 0 Å². The molecule has 2 rings (SSSR count). The van der Waals surface area contributed by atoms with Crippen molar-refractivity contribution in [3.05, 3.63) is 42.0 Å². The first-order chi connectivity index (χ1) is 8.93. The van der Waals surface area contributed by atoms with Crippen LogP contribution in [0.1, 0.15) is 18.5 Å². The summed E-state index contributed by atoms with van der Waals surface area (Å²) in [6.45, 7) is 2.36. The summed E-state index contributed by atoms with van der Waals surface area (Å²) in [5.41, 5.74) is 5.25. The van der Waals surface area contributed by atoms with Crippen LogP contribution in [-0.2, 0) is 0 Å². The lowest BCUT2D eigenvalue weighted by molar-refractivity contribution is -0.149. The number of hydrogen-bond acceptors (Lipinski definition) is 2. The fourth-order valence-corrected chi connectivity index (χ4v) is 1.94. The van der Waals surface area contributed by atoms with Crippen LogP contribution in [0.2, 0.25) is 0 Å². The van der Waals surface area contributed by atoms with Gasteiger partial charge < -0.3 is 10.5 Å². The highest BCUT2D eigenvalue weighted by Gasteiger charge is 2.37. The molecule has 0 heterocycles. The van der Waals surface area contributed by atoms with E-state index in [9.17, 15) is 13.2 Å². The summed E-state index contributed by atoms with van der Waals surface area (Å²) in [5.74, 6) is 0.659. The van der Waals surface area contributed by atoms with Crippen LogP contribution in [0.25, 0.3) is 10.8 Å². The second-order valence-electron chi connectivity index (χ2n) is 4.19. The van der Waals surface area contributed by atoms with Gasteiger partial charge in [0, 0.05) is 5.39 Å². The number of fused-ring (bicyclic) bond motifs is 1. The van der Waals surface area contributed by atoms with Gasteiger partial charge in [-0.3, -0.25) is 0 Å². The van der Waals surface area contributed by atoms with Crippen molar-refractivity contribution in [2.45, 2.75) is 19.1 Å². The molecule has 0 unspecified atom stereocenters. The molecule has 0 spiro atoms. The van der Waals surface area contributed by atoms with Gasteiger partial charge >= 0.3 is 6.18 Å². The maximum absolute atomic E-state index is 12.6. The number of alkyl halides is 3. The highest BCUT2D eigenvalue weighted by atomic mass is 19.4. The number of halogens is 3. The van der Waals surface area contributed by atoms with Gasteiger partial charge in [-0.2, -0.15) is 13.2 Å². The maximum Gasteiger partial charge on any atom is 0.407 e. The minimum absolute atomic E-state index is 0.0497. The Kier molecular flexibility index (Phi) is 3.66. The zero-order valence-corrected chi connectivity index (χ0v) is 10.4. The third-order valence-electron chi connectivity index (χ3n) is 2.88. The van der Waals surface area contributed by atoms with E-state index in [0.29, 0.717) is 17.7 Å². The third-order valence-corrected chi connectivity index (χ3v) is 2.88. The zero-order chi connectivity index (χ0) is 14.0. The molecule has 2 aromatic carbocycles. The van der Waals surface area contributed by atoms with Gasteiger partial charge in [-0.05, 0) is 30.0 Å². The number of nitrogens with two attached hydrogens (primary N) is 1. The second kappa shape index (κ2) is 5.09. The average molecular weight is 269 g/mol. The van der Waals surface area contributed by atoms with Crippen LogP contribution in [0.4, 0.5) is 13.2 Å². The maximum atomic E-state index is 12.6. The van der Waals surface area contributed by atoms with Crippen LogP contribution in [0, 0.1) is 0 Å². The Labute approximate surface area is 109 Å². The van der Waals surface area contributed by atoms with E-state index in [-0.39, 0.29) is 5.56 Å². The lowest BCUT2D eigenvalue weighted by atomic mass is 10.0. The summed E-state index contributed by atoms with van der Waals surface area (Å²) in [4.78, 5) is 0. The normalized spacial score (nSPS) is 13.5. The zero-order valence-electron chi connectivity index (χ0n) is 10.4. The topological polar surface area (TPSA) is 35.2 Å². The largest absolute Gasteiger partial charge is 0.493 e. The molecule has 0 amide bonds. The van der Waals surface area contributed by atoms with E-state index in [2.05, 4.69) is 0 Å². The number of benzene rings is 2. The lowest BCUT2D eigenvalue weighted by Crippen LogP contribution is -2.28. The van der Waals surface area contributed by atoms with Crippen LogP contribution < -0.4 is 10.5 Å². The first-order valence-electron chi connectivity index (χ1n) is 5.91. The van der Waals surface area contributed by atoms with Crippen molar-refractivity contribution in [3.63, 3.8) is 0 Å². The van der Waals surface area contributed by atoms with Crippen LogP contribution >= 0.6 is 0 Å². The number of hydrogen-bond donors (Lipinski definition) is 1. The minimum atomic E-state index is -4.44. The number of ether oxygens (including phenoxy) is 1. The van der Waals surface area contributed by atoms with Crippen LogP contribution in [0.15, 0.2) is 36.4 Å². The molecule has 0 bridgehead atoms. The average Bonchev–Trinajstić information content (AvgIpc) is 2.37. The molecule has 0 aliphatic carbocycles. The van der Waals surface area contributed by atoms with Crippen molar-refractivity contribution in [2.75, 3.05) is 6.61 Å². The molecule has 2 nitrogen and oxygen atoms in total. The fraction of sp³-hybridized carbons (Fsp3) is 0.286. The molecule has 0 saturated heterocycles. The Morgan fingerprint density at radius 3 is 2.58 bits per heavy atom. The van der Waals surface area contributed by atoms with Crippen molar-refractivity contribution in [1.82, 2.24) is 0 Å². The molecule has 1 atom stereocenters. The van der Waals surface area contributed by atoms with E-state index in [1.807, 2.05) is 6.92 Å². The van der Waals surface area contributed by atoms with Crippen LogP contribution in [0.5, 0.6) is 5.75 Å². The summed E-state index contributed by atoms with van der Waals surface area (Å²) in [5, 5.41) is 1.46. The third kappa shape index (κ3) is 2.81. The Bertz CT molecular complexity index is 580. The van der Waals surface area contributed by atoms with Gasteiger partial charge in [-0.15, -0.1) is 0 Å². The summed E-state index contributed by atoms with van der Waals surface area (Å²) in [6, 6.07) is 7.77. The smallest absolute Gasteiger partial charge is 0.407 e. The fourth-order valence-electron chi connectivity index (χ4n) is 1.94. The van der Waals surface area contributed by atoms with Crippen molar-refractivity contribution >= 4 is 10.8 Å². The molecular weight excluding hydrogens is 255 g/mol. The van der Waals surface area contributed by atoms with Crippen molar-refractivity contribution in [1.29, 1.82) is 0 Å². The number of rotatable bonds is 3. The highest BCUT2D eigenvalue weighted by molar-refractivity contribution is 5.88. The molecule has 0 fully saturated rings. The van der Waals surface area contributed by atoms with Gasteiger partial charge in [-0.25, -0.2) is 0 Å². The van der Waals surface area contributed by atoms with E-state index < -0.39 is 12.2 Å². The summed E-state index contributed by atoms with van der Waals surface area (Å²) in [6.07, 6.45) is -4.44. The highest BCUT2D eigenvalue weighted by Crippen LogP contribution is 2.33. The van der Waals surface area contributed by atoms with Crippen molar-refractivity contribution < 1.29 is 17.9 Å². The molecule has 0 aromatic heterocycles. The van der Waals surface area contributed by atoms with E-state index >= 15 is 0 Å². The molecule has 102 valence electrons. The van der Waals surface area contributed by atoms with E-state index in [0.717, 1.165) is 5.39 Å². The van der Waals surface area contributed by atoms with Gasteiger partial charge in [0.2, 0.25) is 0 Å². The van der Waals surface area contributed by atoms with Gasteiger partial charge in [0.1, 0.15) is 11.8 Å². The Hall–Kier alpha value is -1.75. The summed E-state index contributed by atoms with van der Waals surface area (Å²) in [7, 11) is 0.